The largest absolute Gasteiger partial charge is 0.467 e. The normalized spacial score (nSPS) is 15.4. The SMILES string of the molecule is CC1(C)C(=O)Nc2cc(C(=O)NCc3ccco3)cnc21. The first-order valence-corrected chi connectivity index (χ1v) is 6.61. The van der Waals surface area contributed by atoms with Gasteiger partial charge in [-0.2, -0.15) is 0 Å². The van der Waals surface area contributed by atoms with Crippen LogP contribution >= 0.6 is 0 Å². The lowest BCUT2D eigenvalue weighted by molar-refractivity contribution is -0.119. The molecule has 21 heavy (non-hydrogen) atoms. The van der Waals surface area contributed by atoms with Crippen LogP contribution in [-0.2, 0) is 16.8 Å². The zero-order valence-electron chi connectivity index (χ0n) is 11.8. The smallest absolute Gasteiger partial charge is 0.253 e. The Labute approximate surface area is 121 Å². The Kier molecular flexibility index (Phi) is 3.01. The molecule has 3 heterocycles. The minimum absolute atomic E-state index is 0.113. The maximum Gasteiger partial charge on any atom is 0.253 e. The highest BCUT2D eigenvalue weighted by Gasteiger charge is 2.40. The molecule has 2 aromatic rings. The van der Waals surface area contributed by atoms with Crippen molar-refractivity contribution in [2.45, 2.75) is 25.8 Å². The first-order valence-electron chi connectivity index (χ1n) is 6.61. The van der Waals surface area contributed by atoms with Crippen LogP contribution in [0.15, 0.2) is 35.1 Å². The van der Waals surface area contributed by atoms with Crippen molar-refractivity contribution in [3.63, 3.8) is 0 Å². The summed E-state index contributed by atoms with van der Waals surface area (Å²) in [4.78, 5) is 28.2. The van der Waals surface area contributed by atoms with E-state index in [2.05, 4.69) is 15.6 Å². The summed E-state index contributed by atoms with van der Waals surface area (Å²) < 4.78 is 5.15. The van der Waals surface area contributed by atoms with Gasteiger partial charge in [-0.15, -0.1) is 0 Å². The summed E-state index contributed by atoms with van der Waals surface area (Å²) in [7, 11) is 0. The molecule has 1 aliphatic heterocycles. The van der Waals surface area contributed by atoms with Crippen molar-refractivity contribution in [2.75, 3.05) is 5.32 Å². The van der Waals surface area contributed by atoms with Crippen molar-refractivity contribution in [3.8, 4) is 0 Å². The first-order chi connectivity index (χ1) is 9.98. The van der Waals surface area contributed by atoms with Gasteiger partial charge in [-0.3, -0.25) is 14.6 Å². The van der Waals surface area contributed by atoms with Crippen molar-refractivity contribution in [1.82, 2.24) is 10.3 Å². The molecule has 0 aromatic carbocycles. The molecular weight excluding hydrogens is 270 g/mol. The Hall–Kier alpha value is -2.63. The zero-order valence-corrected chi connectivity index (χ0v) is 11.8. The molecule has 0 aliphatic carbocycles. The molecule has 3 rings (SSSR count). The van der Waals surface area contributed by atoms with Gasteiger partial charge in [-0.25, -0.2) is 0 Å². The van der Waals surface area contributed by atoms with Gasteiger partial charge in [0.15, 0.2) is 0 Å². The lowest BCUT2D eigenvalue weighted by Gasteiger charge is -2.13. The van der Waals surface area contributed by atoms with Gasteiger partial charge in [0.1, 0.15) is 5.76 Å². The van der Waals surface area contributed by atoms with Gasteiger partial charge >= 0.3 is 0 Å². The maximum atomic E-state index is 12.1. The predicted molar refractivity (Wildman–Crippen MR) is 75.8 cm³/mol. The summed E-state index contributed by atoms with van der Waals surface area (Å²) in [5.74, 6) is 0.297. The van der Waals surface area contributed by atoms with Crippen LogP contribution in [0.4, 0.5) is 5.69 Å². The molecule has 0 spiro atoms. The minimum Gasteiger partial charge on any atom is -0.467 e. The Bertz CT molecular complexity index is 705. The van der Waals surface area contributed by atoms with Crippen LogP contribution in [0.25, 0.3) is 0 Å². The monoisotopic (exact) mass is 285 g/mol. The average molecular weight is 285 g/mol. The number of carbonyl (C=O) groups is 2. The second-order valence-corrected chi connectivity index (χ2v) is 5.46. The number of fused-ring (bicyclic) bond motifs is 1. The van der Waals surface area contributed by atoms with E-state index in [0.29, 0.717) is 29.2 Å². The molecule has 1 aliphatic rings. The van der Waals surface area contributed by atoms with Crippen molar-refractivity contribution >= 4 is 17.5 Å². The quantitative estimate of drug-likeness (QED) is 0.901. The predicted octanol–water partition coefficient (Wildman–Crippen LogP) is 1.83. The Morgan fingerprint density at radius 2 is 2.29 bits per heavy atom. The van der Waals surface area contributed by atoms with E-state index >= 15 is 0 Å². The molecule has 108 valence electrons. The van der Waals surface area contributed by atoms with E-state index in [0.717, 1.165) is 0 Å². The summed E-state index contributed by atoms with van der Waals surface area (Å²) in [6.07, 6.45) is 3.04. The lowest BCUT2D eigenvalue weighted by atomic mass is 9.90. The molecule has 0 bridgehead atoms. The summed E-state index contributed by atoms with van der Waals surface area (Å²) in [6.45, 7) is 3.91. The number of pyridine rings is 1. The number of rotatable bonds is 3. The van der Waals surface area contributed by atoms with E-state index in [1.54, 1.807) is 38.3 Å². The number of hydrogen-bond donors (Lipinski definition) is 2. The number of nitrogens with zero attached hydrogens (tertiary/aromatic N) is 1. The van der Waals surface area contributed by atoms with Crippen LogP contribution in [0, 0.1) is 0 Å². The molecule has 0 unspecified atom stereocenters. The van der Waals surface area contributed by atoms with Crippen molar-refractivity contribution in [1.29, 1.82) is 0 Å². The molecule has 2 amide bonds. The summed E-state index contributed by atoms with van der Waals surface area (Å²) in [5, 5.41) is 5.49. The van der Waals surface area contributed by atoms with Gasteiger partial charge in [0.05, 0.1) is 35.2 Å². The van der Waals surface area contributed by atoms with Gasteiger partial charge in [0.2, 0.25) is 5.91 Å². The van der Waals surface area contributed by atoms with E-state index in [1.165, 1.54) is 6.20 Å². The molecule has 0 saturated carbocycles. The molecule has 0 atom stereocenters. The maximum absolute atomic E-state index is 12.1. The lowest BCUT2D eigenvalue weighted by Crippen LogP contribution is -2.27. The van der Waals surface area contributed by atoms with E-state index in [9.17, 15) is 9.59 Å². The molecule has 6 heteroatoms. The minimum atomic E-state index is -0.668. The highest BCUT2D eigenvalue weighted by Crippen LogP contribution is 2.35. The average Bonchev–Trinajstić information content (AvgIpc) is 3.04. The molecule has 2 aromatic heterocycles. The van der Waals surface area contributed by atoms with Crippen molar-refractivity contribution in [2.24, 2.45) is 0 Å². The topological polar surface area (TPSA) is 84.2 Å². The van der Waals surface area contributed by atoms with Crippen LogP contribution in [0.5, 0.6) is 0 Å². The third-order valence-electron chi connectivity index (χ3n) is 3.56. The second-order valence-electron chi connectivity index (χ2n) is 5.46. The van der Waals surface area contributed by atoms with Crippen molar-refractivity contribution in [3.05, 3.63) is 47.7 Å². The first kappa shape index (κ1) is 13.4. The highest BCUT2D eigenvalue weighted by molar-refractivity contribution is 6.06. The number of aromatic nitrogens is 1. The number of anilines is 1. The van der Waals surface area contributed by atoms with Crippen LogP contribution < -0.4 is 10.6 Å². The number of hydrogen-bond acceptors (Lipinski definition) is 4. The van der Waals surface area contributed by atoms with E-state index in [-0.39, 0.29) is 11.8 Å². The molecule has 0 fully saturated rings. The van der Waals surface area contributed by atoms with Gasteiger partial charge in [-0.1, -0.05) is 0 Å². The number of furan rings is 1. The Morgan fingerprint density at radius 3 is 3.00 bits per heavy atom. The van der Waals surface area contributed by atoms with Crippen LogP contribution in [0.2, 0.25) is 0 Å². The third-order valence-corrected chi connectivity index (χ3v) is 3.56. The van der Waals surface area contributed by atoms with E-state index in [1.807, 2.05) is 0 Å². The van der Waals surface area contributed by atoms with Gasteiger partial charge in [0.25, 0.3) is 5.91 Å². The summed E-state index contributed by atoms with van der Waals surface area (Å²) >= 11 is 0. The molecular formula is C15H15N3O3. The van der Waals surface area contributed by atoms with Gasteiger partial charge < -0.3 is 15.1 Å². The van der Waals surface area contributed by atoms with Gasteiger partial charge in [-0.05, 0) is 32.0 Å². The van der Waals surface area contributed by atoms with Crippen LogP contribution in [0.3, 0.4) is 0 Å². The fraction of sp³-hybridized carbons (Fsp3) is 0.267. The van der Waals surface area contributed by atoms with Gasteiger partial charge in [0, 0.05) is 6.20 Å². The Balaban J connectivity index is 1.77. The molecule has 0 radical (unpaired) electrons. The van der Waals surface area contributed by atoms with E-state index < -0.39 is 5.41 Å². The molecule has 0 saturated heterocycles. The van der Waals surface area contributed by atoms with E-state index in [4.69, 9.17) is 4.42 Å². The fourth-order valence-corrected chi connectivity index (χ4v) is 2.25. The number of nitrogens with one attached hydrogen (secondary N) is 2. The third kappa shape index (κ3) is 2.29. The molecule has 2 N–H and O–H groups in total. The number of amides is 2. The molecule has 6 nitrogen and oxygen atoms in total. The number of carbonyl (C=O) groups excluding carboxylic acids is 2. The summed E-state index contributed by atoms with van der Waals surface area (Å²) in [6, 6.07) is 5.19. The van der Waals surface area contributed by atoms with Crippen LogP contribution in [-0.4, -0.2) is 16.8 Å². The highest BCUT2D eigenvalue weighted by atomic mass is 16.3. The zero-order chi connectivity index (χ0) is 15.0. The summed E-state index contributed by atoms with van der Waals surface area (Å²) in [5.41, 5.74) is 0.988. The van der Waals surface area contributed by atoms with Crippen LogP contribution in [0.1, 0.15) is 35.7 Å². The fourth-order valence-electron chi connectivity index (χ4n) is 2.25. The Morgan fingerprint density at radius 1 is 1.48 bits per heavy atom. The standard InChI is InChI=1S/C15H15N3O3/c1-15(2)12-11(18-14(15)20)6-9(7-16-12)13(19)17-8-10-4-3-5-21-10/h3-7H,8H2,1-2H3,(H,17,19)(H,18,20). The second kappa shape index (κ2) is 4.73. The van der Waals surface area contributed by atoms with Crippen molar-refractivity contribution < 1.29 is 14.0 Å².